The number of carbonyl (C=O) groups excluding carboxylic acids is 3. The van der Waals surface area contributed by atoms with Crippen molar-refractivity contribution in [2.75, 3.05) is 45.9 Å². The molecule has 2 unspecified atom stereocenters. The molecule has 0 bridgehead atoms. The first-order valence-corrected chi connectivity index (χ1v) is 34.0. The summed E-state index contributed by atoms with van der Waals surface area (Å²) in [6.07, 6.45) is -19.8. The van der Waals surface area contributed by atoms with Crippen LogP contribution in [-0.4, -0.2) is 93.7 Å². The van der Waals surface area contributed by atoms with Gasteiger partial charge in [0.25, 0.3) is 11.1 Å². The number of esters is 1. The number of ether oxygens (including phenoxy) is 1. The summed E-state index contributed by atoms with van der Waals surface area (Å²) >= 11 is 0. The van der Waals surface area contributed by atoms with E-state index >= 15 is 26.3 Å². The van der Waals surface area contributed by atoms with Crippen LogP contribution in [0, 0.1) is 74.4 Å². The molecule has 106 heavy (non-hydrogen) atoms. The van der Waals surface area contributed by atoms with Crippen LogP contribution in [0.3, 0.4) is 0 Å². The molecule has 4 atom stereocenters. The molecule has 3 N–H and O–H groups in total. The first-order chi connectivity index (χ1) is 49.2. The quantitative estimate of drug-likeness (QED) is 0.0333. The number of rotatable bonds is 27. The van der Waals surface area contributed by atoms with E-state index in [1.807, 2.05) is 9.80 Å². The lowest BCUT2D eigenvalue weighted by Gasteiger charge is -2.30. The third-order valence-corrected chi connectivity index (χ3v) is 18.2. The Morgan fingerprint density at radius 2 is 0.849 bits per heavy atom. The van der Waals surface area contributed by atoms with E-state index in [9.17, 15) is 86.6 Å². The highest BCUT2D eigenvalue weighted by molar-refractivity contribution is 5.83. The topological polar surface area (TPSA) is 172 Å². The third-order valence-electron chi connectivity index (χ3n) is 18.2. The van der Waals surface area contributed by atoms with Crippen LogP contribution in [0.25, 0.3) is 22.3 Å². The summed E-state index contributed by atoms with van der Waals surface area (Å²) in [4.78, 5) is 83.3. The molecule has 8 rings (SSSR count). The van der Waals surface area contributed by atoms with Crippen molar-refractivity contribution in [2.24, 2.45) is 11.8 Å². The summed E-state index contributed by atoms with van der Waals surface area (Å²) in [6, 6.07) is -2.52. The van der Waals surface area contributed by atoms with Gasteiger partial charge < -0.3 is 39.4 Å². The molecule has 580 valence electrons. The SMILES string of the molecule is CCOC(=O)C[C@H](NC(=O)C(CC(C)C)n1cc(CCCN2CCC2)c(C(F)(F)F)cc1=O)c1c(F)c(-c2c(C)cc(C)cc2F)cc(C(F)(F)F)c1F.Cc1cc(C)c(-c2cc(C(F)(F)F)c(F)c([C@H](CC(=O)O)NC(=O)C(CC(C)C)n3cc(CCCN4CCC4)c(C(F)(F)F)cc3=O)c2F)c(F)c1. The number of carboxylic acids is 1. The number of nitrogens with zero attached hydrogens (tertiary/aromatic N) is 4. The van der Waals surface area contributed by atoms with Gasteiger partial charge in [0.2, 0.25) is 11.8 Å². The van der Waals surface area contributed by atoms with Crippen molar-refractivity contribution in [3.05, 3.63) is 183 Å². The standard InChI is InChI=1S/C38H42F9N3O4.C36H38F9N3O4/c1-6-54-31(52)18-28(33-34(40)24(16-26(35(33)41)38(45,46)47)32-22(5)14-21(4)15-27(32)39)48-36(53)29(13-20(2)3)50-19-23(9-7-10-49-11-8-12-49)25(17-30(50)51)37(42,43)44;1-18(2)11-27(48-17-21(7-5-8-47-9-6-10-47)23(15-28(48)49)35(40,41)42)34(52)46-26(16-29(50)51)31-32(38)22(14-24(33(31)39)36(43,44)45)30-20(4)12-19(3)13-25(30)37/h14-17,19-20,28-29H,6-13,18H2,1-5H3,(H,48,53);12-15,17-18,26-27H,5-11,16H2,1-4H3,(H,46,52)(H,50,51)/t28-,29?;26-,27?/m00/s1. The lowest BCUT2D eigenvalue weighted by Crippen LogP contribution is -2.41. The van der Waals surface area contributed by atoms with Crippen LogP contribution in [-0.2, 0) is 61.5 Å². The lowest BCUT2D eigenvalue weighted by molar-refractivity contribution is -0.144. The Balaban J connectivity index is 0.000000296. The van der Waals surface area contributed by atoms with Gasteiger partial charge in [-0.2, -0.15) is 52.7 Å². The zero-order valence-electron chi connectivity index (χ0n) is 59.2. The summed E-state index contributed by atoms with van der Waals surface area (Å²) in [5.41, 5.74) is -15.2. The summed E-state index contributed by atoms with van der Waals surface area (Å²) in [6.45, 7) is 17.2. The number of aryl methyl sites for hydroxylation is 6. The van der Waals surface area contributed by atoms with E-state index in [-0.39, 0.29) is 73.1 Å². The number of nitrogens with one attached hydrogen (secondary N) is 2. The molecular weight excluding hydrogens is 1440 g/mol. The molecule has 0 radical (unpaired) electrons. The Hall–Kier alpha value is -8.68. The second-order valence-corrected chi connectivity index (χ2v) is 27.4. The number of aliphatic carboxylic acids is 1. The van der Waals surface area contributed by atoms with E-state index in [4.69, 9.17) is 4.74 Å². The Morgan fingerprint density at radius 1 is 0.500 bits per heavy atom. The number of carbonyl (C=O) groups is 4. The highest BCUT2D eigenvalue weighted by Crippen LogP contribution is 2.45. The first kappa shape index (κ1) is 84.6. The number of carboxylic acid groups (broad SMARTS) is 1. The summed E-state index contributed by atoms with van der Waals surface area (Å²) in [7, 11) is 0. The zero-order chi connectivity index (χ0) is 79.2. The molecule has 0 saturated carbocycles. The minimum Gasteiger partial charge on any atom is -0.481 e. The molecule has 2 aromatic heterocycles. The number of pyridine rings is 2. The van der Waals surface area contributed by atoms with Gasteiger partial charge in [-0.15, -0.1) is 0 Å². The third kappa shape index (κ3) is 20.7. The molecule has 32 heteroatoms. The molecule has 0 aliphatic carbocycles. The first-order valence-electron chi connectivity index (χ1n) is 34.0. The zero-order valence-corrected chi connectivity index (χ0v) is 59.2. The van der Waals surface area contributed by atoms with E-state index in [0.717, 1.165) is 68.1 Å². The van der Waals surface area contributed by atoms with Gasteiger partial charge in [-0.3, -0.25) is 28.8 Å². The molecule has 2 saturated heterocycles. The van der Waals surface area contributed by atoms with Crippen molar-refractivity contribution in [3.8, 4) is 22.3 Å². The van der Waals surface area contributed by atoms with Gasteiger partial charge in [-0.05, 0) is 195 Å². The smallest absolute Gasteiger partial charge is 0.419 e. The molecule has 2 fully saturated rings. The van der Waals surface area contributed by atoms with E-state index < -0.39 is 199 Å². The molecule has 2 aliphatic rings. The van der Waals surface area contributed by atoms with Crippen LogP contribution in [0.15, 0.2) is 70.5 Å². The summed E-state index contributed by atoms with van der Waals surface area (Å²) < 4.78 is 271. The molecule has 4 heterocycles. The Morgan fingerprint density at radius 3 is 1.14 bits per heavy atom. The second-order valence-electron chi connectivity index (χ2n) is 27.4. The fourth-order valence-corrected chi connectivity index (χ4v) is 13.1. The van der Waals surface area contributed by atoms with Crippen LogP contribution in [0.5, 0.6) is 0 Å². The number of alkyl halides is 12. The number of aromatic nitrogens is 2. The van der Waals surface area contributed by atoms with Gasteiger partial charge in [-0.25, -0.2) is 26.3 Å². The lowest BCUT2D eigenvalue weighted by atomic mass is 9.90. The number of halogens is 18. The largest absolute Gasteiger partial charge is 0.481 e. The molecule has 14 nitrogen and oxygen atoms in total. The van der Waals surface area contributed by atoms with Crippen molar-refractivity contribution < 1.29 is 108 Å². The highest BCUT2D eigenvalue weighted by atomic mass is 19.4. The van der Waals surface area contributed by atoms with Gasteiger partial charge >= 0.3 is 36.6 Å². The van der Waals surface area contributed by atoms with Crippen molar-refractivity contribution in [3.63, 3.8) is 0 Å². The van der Waals surface area contributed by atoms with Crippen LogP contribution < -0.4 is 21.8 Å². The number of hydrogen-bond donors (Lipinski definition) is 3. The van der Waals surface area contributed by atoms with E-state index in [1.165, 1.54) is 46.8 Å². The van der Waals surface area contributed by atoms with E-state index in [2.05, 4.69) is 10.6 Å². The monoisotopic (exact) mass is 1520 g/mol. The Bertz CT molecular complexity index is 4300. The summed E-state index contributed by atoms with van der Waals surface area (Å²) in [5.74, 6) is -16.6. The fourth-order valence-electron chi connectivity index (χ4n) is 13.1. The predicted molar refractivity (Wildman–Crippen MR) is 355 cm³/mol. The van der Waals surface area contributed by atoms with Crippen LogP contribution in [0.4, 0.5) is 79.0 Å². The average molecular weight is 1520 g/mol. The van der Waals surface area contributed by atoms with E-state index in [1.54, 1.807) is 27.7 Å². The molecule has 4 aromatic carbocycles. The van der Waals surface area contributed by atoms with Gasteiger partial charge in [0, 0.05) is 57.9 Å². The van der Waals surface area contributed by atoms with Gasteiger partial charge in [0.05, 0.1) is 53.8 Å². The number of likely N-dealkylation sites (tertiary alicyclic amines) is 2. The fraction of sp³-hybridized carbons (Fsp3) is 0.486. The van der Waals surface area contributed by atoms with Crippen molar-refractivity contribution in [1.29, 1.82) is 0 Å². The number of amides is 2. The minimum atomic E-state index is -5.49. The van der Waals surface area contributed by atoms with Crippen LogP contribution in [0.1, 0.15) is 177 Å². The van der Waals surface area contributed by atoms with Gasteiger partial charge in [-0.1, -0.05) is 39.8 Å². The number of hydrogen-bond acceptors (Lipinski definition) is 9. The normalized spacial score (nSPS) is 15.0. The highest BCUT2D eigenvalue weighted by Gasteiger charge is 2.44. The van der Waals surface area contributed by atoms with Crippen molar-refractivity contribution >= 4 is 23.8 Å². The molecule has 0 spiro atoms. The van der Waals surface area contributed by atoms with Crippen molar-refractivity contribution in [2.45, 2.75) is 175 Å². The van der Waals surface area contributed by atoms with Gasteiger partial charge in [0.15, 0.2) is 0 Å². The summed E-state index contributed by atoms with van der Waals surface area (Å²) in [5, 5.41) is 13.9. The predicted octanol–water partition coefficient (Wildman–Crippen LogP) is 16.8. The Kier molecular flexibility index (Phi) is 27.5. The Labute approximate surface area is 598 Å². The molecule has 2 amide bonds. The molecular formula is C74H80F18N6O8. The average Bonchev–Trinajstić information content (AvgIpc) is 0.757. The van der Waals surface area contributed by atoms with Gasteiger partial charge in [0.1, 0.15) is 47.0 Å². The maximum atomic E-state index is 16.6. The van der Waals surface area contributed by atoms with Crippen LogP contribution >= 0.6 is 0 Å². The molecule has 6 aromatic rings. The van der Waals surface area contributed by atoms with E-state index in [0.29, 0.717) is 47.3 Å². The maximum Gasteiger partial charge on any atom is 0.419 e. The maximum absolute atomic E-state index is 16.6. The second kappa shape index (κ2) is 34.5. The van der Waals surface area contributed by atoms with Crippen molar-refractivity contribution in [1.82, 2.24) is 29.6 Å². The minimum absolute atomic E-state index is 0.00224. The van der Waals surface area contributed by atoms with Crippen LogP contribution in [0.2, 0.25) is 0 Å². The molecule has 2 aliphatic heterocycles. The number of benzene rings is 4.